The van der Waals surface area contributed by atoms with E-state index in [1.165, 1.54) is 5.57 Å². The van der Waals surface area contributed by atoms with Crippen molar-refractivity contribution in [2.45, 2.75) is 13.8 Å². The van der Waals surface area contributed by atoms with E-state index in [1.54, 1.807) is 14.1 Å². The van der Waals surface area contributed by atoms with Crippen LogP contribution in [-0.4, -0.2) is 25.5 Å². The van der Waals surface area contributed by atoms with E-state index in [4.69, 9.17) is 0 Å². The Hall–Kier alpha value is -1.18. The average Bonchev–Trinajstić information content (AvgIpc) is 2.16. The van der Waals surface area contributed by atoms with Gasteiger partial charge in [0.1, 0.15) is 0 Å². The van der Waals surface area contributed by atoms with Crippen LogP contribution in [0.5, 0.6) is 0 Å². The smallest absolute Gasteiger partial charge is 0.0825 e. The highest BCUT2D eigenvalue weighted by Gasteiger charge is 2.10. The molecule has 1 aliphatic rings. The van der Waals surface area contributed by atoms with E-state index < -0.39 is 0 Å². The Bertz CT molecular complexity index is 304. The fourth-order valence-corrected chi connectivity index (χ4v) is 1.27. The first-order valence-corrected chi connectivity index (χ1v) is 4.52. The quantitative estimate of drug-likeness (QED) is 0.548. The molecule has 0 atom stereocenters. The minimum absolute atomic E-state index is 0.548. The maximum absolute atomic E-state index is 4.19. The summed E-state index contributed by atoms with van der Waals surface area (Å²) in [4.78, 5) is 8.34. The van der Waals surface area contributed by atoms with Crippen LogP contribution < -0.4 is 0 Å². The number of hydrogen-bond donors (Lipinski definition) is 0. The minimum Gasteiger partial charge on any atom is -0.286 e. The maximum Gasteiger partial charge on any atom is 0.0825 e. The van der Waals surface area contributed by atoms with E-state index in [9.17, 15) is 0 Å². The van der Waals surface area contributed by atoms with Gasteiger partial charge in [-0.15, -0.1) is 0 Å². The van der Waals surface area contributed by atoms with Crippen molar-refractivity contribution >= 4 is 11.4 Å². The Labute approximate surface area is 79.8 Å². The van der Waals surface area contributed by atoms with Gasteiger partial charge in [-0.2, -0.15) is 0 Å². The highest BCUT2D eigenvalue weighted by atomic mass is 14.8. The SMILES string of the molecule is CN=C1C=CC(C(C)C)=CC1=NC. The standard InChI is InChI=1S/C11H16N2/c1-8(2)9-5-6-10(12-3)11(7-9)13-4/h5-8H,1-4H3. The Morgan fingerprint density at radius 2 is 1.62 bits per heavy atom. The van der Waals surface area contributed by atoms with Gasteiger partial charge in [-0.25, -0.2) is 0 Å². The molecule has 0 unspecified atom stereocenters. The summed E-state index contributed by atoms with van der Waals surface area (Å²) in [5, 5.41) is 0. The van der Waals surface area contributed by atoms with Crippen LogP contribution in [0.3, 0.4) is 0 Å². The van der Waals surface area contributed by atoms with E-state index in [1.807, 2.05) is 6.08 Å². The van der Waals surface area contributed by atoms with Crippen LogP contribution in [-0.2, 0) is 0 Å². The lowest BCUT2D eigenvalue weighted by molar-refractivity contribution is 0.792. The molecule has 2 nitrogen and oxygen atoms in total. The van der Waals surface area contributed by atoms with Gasteiger partial charge in [0, 0.05) is 14.1 Å². The van der Waals surface area contributed by atoms with Gasteiger partial charge < -0.3 is 0 Å². The summed E-state index contributed by atoms with van der Waals surface area (Å²) in [5.41, 5.74) is 3.26. The highest BCUT2D eigenvalue weighted by Crippen LogP contribution is 2.15. The molecule has 0 heterocycles. The molecule has 70 valence electrons. The second-order valence-corrected chi connectivity index (χ2v) is 3.35. The zero-order valence-corrected chi connectivity index (χ0v) is 8.70. The van der Waals surface area contributed by atoms with Gasteiger partial charge in [-0.05, 0) is 23.6 Å². The molecule has 13 heavy (non-hydrogen) atoms. The van der Waals surface area contributed by atoms with Crippen molar-refractivity contribution in [3.63, 3.8) is 0 Å². The largest absolute Gasteiger partial charge is 0.286 e. The third-order valence-corrected chi connectivity index (χ3v) is 2.15. The van der Waals surface area contributed by atoms with E-state index in [2.05, 4.69) is 36.0 Å². The molecule has 0 aromatic heterocycles. The third kappa shape index (κ3) is 2.14. The Morgan fingerprint density at radius 1 is 1.00 bits per heavy atom. The van der Waals surface area contributed by atoms with Crippen molar-refractivity contribution in [2.75, 3.05) is 14.1 Å². The fraction of sp³-hybridized carbons (Fsp3) is 0.455. The van der Waals surface area contributed by atoms with Gasteiger partial charge in [-0.3, -0.25) is 9.98 Å². The lowest BCUT2D eigenvalue weighted by Gasteiger charge is -2.12. The molecule has 0 fully saturated rings. The molecule has 0 aromatic carbocycles. The summed E-state index contributed by atoms with van der Waals surface area (Å²) in [6.07, 6.45) is 6.24. The van der Waals surface area contributed by atoms with E-state index in [0.29, 0.717) is 5.92 Å². The van der Waals surface area contributed by atoms with Crippen LogP contribution in [0.2, 0.25) is 0 Å². The first-order chi connectivity index (χ1) is 6.19. The monoisotopic (exact) mass is 176 g/mol. The summed E-state index contributed by atoms with van der Waals surface area (Å²) in [5.74, 6) is 0.548. The zero-order valence-electron chi connectivity index (χ0n) is 8.70. The summed E-state index contributed by atoms with van der Waals surface area (Å²) >= 11 is 0. The third-order valence-electron chi connectivity index (χ3n) is 2.15. The molecule has 0 bridgehead atoms. The number of allylic oxidation sites excluding steroid dienone is 4. The molecule has 1 aliphatic carbocycles. The molecule has 0 saturated heterocycles. The molecule has 0 N–H and O–H groups in total. The second-order valence-electron chi connectivity index (χ2n) is 3.35. The number of nitrogens with zero attached hydrogens (tertiary/aromatic N) is 2. The van der Waals surface area contributed by atoms with Crippen LogP contribution >= 0.6 is 0 Å². The molecular formula is C11H16N2. The molecule has 0 aliphatic heterocycles. The highest BCUT2D eigenvalue weighted by molar-refractivity contribution is 6.51. The van der Waals surface area contributed by atoms with Gasteiger partial charge in [-0.1, -0.05) is 19.9 Å². The van der Waals surface area contributed by atoms with Gasteiger partial charge in [0.25, 0.3) is 0 Å². The summed E-state index contributed by atoms with van der Waals surface area (Å²) in [6, 6.07) is 0. The Balaban J connectivity index is 3.01. The molecular weight excluding hydrogens is 160 g/mol. The van der Waals surface area contributed by atoms with Crippen LogP contribution in [0.1, 0.15) is 13.8 Å². The summed E-state index contributed by atoms with van der Waals surface area (Å²) in [7, 11) is 3.59. The van der Waals surface area contributed by atoms with Crippen LogP contribution in [0, 0.1) is 5.92 Å². The van der Waals surface area contributed by atoms with E-state index >= 15 is 0 Å². The predicted molar refractivity (Wildman–Crippen MR) is 58.8 cm³/mol. The molecule has 0 spiro atoms. The molecule has 1 rings (SSSR count). The minimum atomic E-state index is 0.548. The number of rotatable bonds is 1. The lowest BCUT2D eigenvalue weighted by atomic mass is 9.95. The topological polar surface area (TPSA) is 24.7 Å². The molecule has 2 heteroatoms. The van der Waals surface area contributed by atoms with Crippen LogP contribution in [0.15, 0.2) is 33.8 Å². The molecule has 0 amide bonds. The predicted octanol–water partition coefficient (Wildman–Crippen LogP) is 2.28. The number of aliphatic imine (C=N–C) groups is 2. The van der Waals surface area contributed by atoms with E-state index in [-0.39, 0.29) is 0 Å². The van der Waals surface area contributed by atoms with Crippen molar-refractivity contribution in [3.8, 4) is 0 Å². The van der Waals surface area contributed by atoms with Crippen molar-refractivity contribution in [2.24, 2.45) is 15.9 Å². The fourth-order valence-electron chi connectivity index (χ4n) is 1.27. The van der Waals surface area contributed by atoms with E-state index in [0.717, 1.165) is 11.4 Å². The molecule has 0 saturated carbocycles. The van der Waals surface area contributed by atoms with Crippen LogP contribution in [0.4, 0.5) is 0 Å². The van der Waals surface area contributed by atoms with Gasteiger partial charge >= 0.3 is 0 Å². The molecule has 0 radical (unpaired) electrons. The maximum atomic E-state index is 4.19. The Kier molecular flexibility index (Phi) is 3.18. The second kappa shape index (κ2) is 4.17. The van der Waals surface area contributed by atoms with Gasteiger partial charge in [0.15, 0.2) is 0 Å². The summed E-state index contributed by atoms with van der Waals surface area (Å²) in [6.45, 7) is 4.36. The van der Waals surface area contributed by atoms with Gasteiger partial charge in [0.05, 0.1) is 11.4 Å². The first kappa shape index (κ1) is 9.90. The van der Waals surface area contributed by atoms with Crippen molar-refractivity contribution in [1.82, 2.24) is 0 Å². The zero-order chi connectivity index (χ0) is 9.84. The lowest BCUT2D eigenvalue weighted by Crippen LogP contribution is -2.14. The number of hydrogen-bond acceptors (Lipinski definition) is 2. The van der Waals surface area contributed by atoms with Crippen LogP contribution in [0.25, 0.3) is 0 Å². The first-order valence-electron chi connectivity index (χ1n) is 4.52. The summed E-state index contributed by atoms with van der Waals surface area (Å²) < 4.78 is 0. The van der Waals surface area contributed by atoms with Gasteiger partial charge in [0.2, 0.25) is 0 Å². The average molecular weight is 176 g/mol. The van der Waals surface area contributed by atoms with Crippen molar-refractivity contribution < 1.29 is 0 Å². The molecule has 0 aromatic rings. The van der Waals surface area contributed by atoms with Crippen molar-refractivity contribution in [1.29, 1.82) is 0 Å². The Morgan fingerprint density at radius 3 is 2.08 bits per heavy atom. The normalized spacial score (nSPS) is 23.0. The van der Waals surface area contributed by atoms with Crippen molar-refractivity contribution in [3.05, 3.63) is 23.8 Å².